The molecule has 0 bridgehead atoms. The molecular weight excluding hydrogens is 214 g/mol. The van der Waals surface area contributed by atoms with Crippen molar-refractivity contribution in [2.75, 3.05) is 0 Å². The molecule has 1 nitrogen and oxygen atoms in total. The topological polar surface area (TPSA) is 26.0 Å². The minimum Gasteiger partial charge on any atom is -0.323 e. The lowest BCUT2D eigenvalue weighted by atomic mass is 9.91. The van der Waals surface area contributed by atoms with Gasteiger partial charge in [0, 0.05) is 15.8 Å². The highest BCUT2D eigenvalue weighted by molar-refractivity contribution is 7.12. The van der Waals surface area contributed by atoms with E-state index >= 15 is 0 Å². The normalized spacial score (nSPS) is 20.7. The van der Waals surface area contributed by atoms with Crippen molar-refractivity contribution in [1.29, 1.82) is 0 Å². The lowest BCUT2D eigenvalue weighted by molar-refractivity contribution is 0.386. The highest BCUT2D eigenvalue weighted by Gasteiger charge is 2.22. The van der Waals surface area contributed by atoms with Gasteiger partial charge in [-0.3, -0.25) is 0 Å². The number of hydrogen-bond acceptors (Lipinski definition) is 2. The second-order valence-electron chi connectivity index (χ2n) is 5.17. The SMILES string of the molecule is Cc1cc(C(N)C2CCCCCC2)sc1C. The third-order valence-electron chi connectivity index (χ3n) is 3.92. The van der Waals surface area contributed by atoms with Gasteiger partial charge < -0.3 is 5.73 Å². The van der Waals surface area contributed by atoms with Gasteiger partial charge in [-0.1, -0.05) is 25.7 Å². The van der Waals surface area contributed by atoms with E-state index in [1.54, 1.807) is 0 Å². The first kappa shape index (κ1) is 12.1. The third-order valence-corrected chi connectivity index (χ3v) is 5.18. The summed E-state index contributed by atoms with van der Waals surface area (Å²) in [5.74, 6) is 0.722. The summed E-state index contributed by atoms with van der Waals surface area (Å²) in [7, 11) is 0. The summed E-state index contributed by atoms with van der Waals surface area (Å²) in [4.78, 5) is 2.83. The Morgan fingerprint density at radius 3 is 2.31 bits per heavy atom. The molecule has 1 saturated carbocycles. The van der Waals surface area contributed by atoms with E-state index in [0.29, 0.717) is 0 Å². The third kappa shape index (κ3) is 2.67. The number of aryl methyl sites for hydroxylation is 2. The maximum Gasteiger partial charge on any atom is 0.0418 e. The fourth-order valence-electron chi connectivity index (χ4n) is 2.67. The molecule has 1 atom stereocenters. The predicted octanol–water partition coefficient (Wildman–Crippen LogP) is 4.34. The van der Waals surface area contributed by atoms with E-state index in [4.69, 9.17) is 5.73 Å². The fraction of sp³-hybridized carbons (Fsp3) is 0.714. The summed E-state index contributed by atoms with van der Waals surface area (Å²) in [6, 6.07) is 2.59. The van der Waals surface area contributed by atoms with Gasteiger partial charge in [0.2, 0.25) is 0 Å². The molecule has 0 amide bonds. The first-order valence-corrected chi connectivity index (χ1v) is 7.32. The molecule has 0 aromatic carbocycles. The Balaban J connectivity index is 2.07. The summed E-state index contributed by atoms with van der Waals surface area (Å²) in [6.07, 6.45) is 8.23. The van der Waals surface area contributed by atoms with Crippen LogP contribution >= 0.6 is 11.3 Å². The van der Waals surface area contributed by atoms with Crippen molar-refractivity contribution in [3.8, 4) is 0 Å². The summed E-state index contributed by atoms with van der Waals surface area (Å²) in [6.45, 7) is 4.39. The first-order valence-electron chi connectivity index (χ1n) is 6.51. The van der Waals surface area contributed by atoms with Gasteiger partial charge in [-0.2, -0.15) is 0 Å². The van der Waals surface area contributed by atoms with Crippen LogP contribution in [0.15, 0.2) is 6.07 Å². The highest BCUT2D eigenvalue weighted by atomic mass is 32.1. The molecule has 0 aliphatic heterocycles. The Hall–Kier alpha value is -0.340. The number of hydrogen-bond donors (Lipinski definition) is 1. The maximum absolute atomic E-state index is 6.43. The summed E-state index contributed by atoms with van der Waals surface area (Å²) in [5.41, 5.74) is 7.84. The molecule has 1 aromatic rings. The van der Waals surface area contributed by atoms with Crippen LogP contribution in [0, 0.1) is 19.8 Å². The van der Waals surface area contributed by atoms with Crippen molar-refractivity contribution in [1.82, 2.24) is 0 Å². The van der Waals surface area contributed by atoms with Crippen molar-refractivity contribution >= 4 is 11.3 Å². The van der Waals surface area contributed by atoms with Gasteiger partial charge in [-0.15, -0.1) is 11.3 Å². The van der Waals surface area contributed by atoms with Gasteiger partial charge in [0.1, 0.15) is 0 Å². The van der Waals surface area contributed by atoms with Crippen LogP contribution < -0.4 is 5.73 Å². The number of thiophene rings is 1. The van der Waals surface area contributed by atoms with Gasteiger partial charge in [0.15, 0.2) is 0 Å². The monoisotopic (exact) mass is 237 g/mol. The zero-order valence-corrected chi connectivity index (χ0v) is 11.3. The smallest absolute Gasteiger partial charge is 0.0418 e. The van der Waals surface area contributed by atoms with E-state index in [9.17, 15) is 0 Å². The van der Waals surface area contributed by atoms with Crippen LogP contribution in [0.4, 0.5) is 0 Å². The molecule has 1 aromatic heterocycles. The molecule has 1 aliphatic rings. The van der Waals surface area contributed by atoms with Crippen LogP contribution in [-0.2, 0) is 0 Å². The zero-order chi connectivity index (χ0) is 11.5. The number of rotatable bonds is 2. The predicted molar refractivity (Wildman–Crippen MR) is 71.9 cm³/mol. The fourth-order valence-corrected chi connectivity index (χ4v) is 3.81. The summed E-state index contributed by atoms with van der Waals surface area (Å²) < 4.78 is 0. The van der Waals surface area contributed by atoms with Gasteiger partial charge >= 0.3 is 0 Å². The van der Waals surface area contributed by atoms with E-state index in [-0.39, 0.29) is 6.04 Å². The summed E-state index contributed by atoms with van der Waals surface area (Å²) in [5, 5.41) is 0. The maximum atomic E-state index is 6.43. The molecular formula is C14H23NS. The molecule has 0 spiro atoms. The molecule has 1 fully saturated rings. The van der Waals surface area contributed by atoms with Crippen LogP contribution in [0.25, 0.3) is 0 Å². The number of nitrogens with two attached hydrogens (primary N) is 1. The molecule has 90 valence electrons. The van der Waals surface area contributed by atoms with E-state index in [0.717, 1.165) is 5.92 Å². The van der Waals surface area contributed by atoms with Crippen molar-refractivity contribution < 1.29 is 0 Å². The van der Waals surface area contributed by atoms with Gasteiger partial charge in [-0.05, 0) is 44.2 Å². The van der Waals surface area contributed by atoms with Crippen molar-refractivity contribution in [3.05, 3.63) is 21.4 Å². The molecule has 16 heavy (non-hydrogen) atoms. The zero-order valence-electron chi connectivity index (χ0n) is 10.5. The van der Waals surface area contributed by atoms with Crippen LogP contribution in [0.2, 0.25) is 0 Å². The molecule has 2 heteroatoms. The molecule has 1 aliphatic carbocycles. The Kier molecular flexibility index (Phi) is 4.04. The lowest BCUT2D eigenvalue weighted by Gasteiger charge is -2.21. The average Bonchev–Trinajstić information content (AvgIpc) is 2.51. The van der Waals surface area contributed by atoms with E-state index in [1.807, 2.05) is 11.3 Å². The van der Waals surface area contributed by atoms with Crippen molar-refractivity contribution in [3.63, 3.8) is 0 Å². The minimum absolute atomic E-state index is 0.287. The molecule has 1 heterocycles. The largest absolute Gasteiger partial charge is 0.323 e. The molecule has 0 saturated heterocycles. The van der Waals surface area contributed by atoms with Crippen LogP contribution in [0.5, 0.6) is 0 Å². The molecule has 0 radical (unpaired) electrons. The summed E-state index contributed by atoms with van der Waals surface area (Å²) >= 11 is 1.90. The van der Waals surface area contributed by atoms with Crippen LogP contribution in [0.1, 0.15) is 59.9 Å². The Morgan fingerprint density at radius 1 is 1.19 bits per heavy atom. The minimum atomic E-state index is 0.287. The van der Waals surface area contributed by atoms with E-state index < -0.39 is 0 Å². The Labute approximate surface area is 103 Å². The van der Waals surface area contributed by atoms with E-state index in [2.05, 4.69) is 19.9 Å². The van der Waals surface area contributed by atoms with Crippen molar-refractivity contribution in [2.24, 2.45) is 11.7 Å². The van der Waals surface area contributed by atoms with Crippen molar-refractivity contribution in [2.45, 2.75) is 58.4 Å². The second-order valence-corrected chi connectivity index (χ2v) is 6.45. The van der Waals surface area contributed by atoms with Gasteiger partial charge in [0.25, 0.3) is 0 Å². The molecule has 2 rings (SSSR count). The average molecular weight is 237 g/mol. The molecule has 1 unspecified atom stereocenters. The second kappa shape index (κ2) is 5.33. The first-order chi connectivity index (χ1) is 7.68. The van der Waals surface area contributed by atoms with Gasteiger partial charge in [0.05, 0.1) is 0 Å². The standard InChI is InChI=1S/C14H23NS/c1-10-9-13(16-11(10)2)14(15)12-7-5-3-4-6-8-12/h9,12,14H,3-8,15H2,1-2H3. The Morgan fingerprint density at radius 2 is 1.81 bits per heavy atom. The highest BCUT2D eigenvalue weighted by Crippen LogP contribution is 2.35. The van der Waals surface area contributed by atoms with Gasteiger partial charge in [-0.25, -0.2) is 0 Å². The van der Waals surface area contributed by atoms with E-state index in [1.165, 1.54) is 53.8 Å². The van der Waals surface area contributed by atoms with Crippen LogP contribution in [0.3, 0.4) is 0 Å². The quantitative estimate of drug-likeness (QED) is 0.761. The Bertz CT molecular complexity index is 315. The molecule has 2 N–H and O–H groups in total. The van der Waals surface area contributed by atoms with Crippen LogP contribution in [-0.4, -0.2) is 0 Å². The lowest BCUT2D eigenvalue weighted by Crippen LogP contribution is -2.20.